The lowest BCUT2D eigenvalue weighted by Crippen LogP contribution is -2.39. The van der Waals surface area contributed by atoms with E-state index in [4.69, 9.17) is 15.2 Å². The van der Waals surface area contributed by atoms with Crippen molar-refractivity contribution < 1.29 is 14.3 Å². The fourth-order valence-corrected chi connectivity index (χ4v) is 2.08. The highest BCUT2D eigenvalue weighted by Gasteiger charge is 2.35. The molecule has 4 nitrogen and oxygen atoms in total. The molecule has 0 bridgehead atoms. The van der Waals surface area contributed by atoms with E-state index in [1.165, 1.54) is 7.11 Å². The van der Waals surface area contributed by atoms with E-state index in [-0.39, 0.29) is 5.97 Å². The number of ether oxygens (including phenoxy) is 2. The minimum Gasteiger partial charge on any atom is -0.469 e. The third-order valence-electron chi connectivity index (χ3n) is 3.21. The molecule has 88 valence electrons. The van der Waals surface area contributed by atoms with Crippen molar-refractivity contribution in [1.82, 2.24) is 0 Å². The molecule has 0 aliphatic carbocycles. The minimum absolute atomic E-state index is 0.198. The van der Waals surface area contributed by atoms with Crippen LogP contribution < -0.4 is 5.73 Å². The van der Waals surface area contributed by atoms with Gasteiger partial charge in [0.25, 0.3) is 0 Å². The smallest absolute Gasteiger partial charge is 0.312 e. The molecule has 1 unspecified atom stereocenters. The molecule has 15 heavy (non-hydrogen) atoms. The maximum Gasteiger partial charge on any atom is 0.312 e. The Kier molecular flexibility index (Phi) is 4.54. The molecule has 1 heterocycles. The van der Waals surface area contributed by atoms with E-state index in [0.717, 1.165) is 32.5 Å². The molecular weight excluding hydrogens is 194 g/mol. The normalized spacial score (nSPS) is 22.1. The summed E-state index contributed by atoms with van der Waals surface area (Å²) in [6.45, 7) is 3.82. The predicted molar refractivity (Wildman–Crippen MR) is 57.3 cm³/mol. The van der Waals surface area contributed by atoms with Crippen molar-refractivity contribution in [2.45, 2.75) is 26.2 Å². The fraction of sp³-hybridized carbons (Fsp3) is 0.909. The van der Waals surface area contributed by atoms with Gasteiger partial charge >= 0.3 is 5.97 Å². The summed E-state index contributed by atoms with van der Waals surface area (Å²) in [6.07, 6.45) is 2.85. The Labute approximate surface area is 91.1 Å². The first-order chi connectivity index (χ1) is 7.12. The number of methoxy groups -OCH3 is 1. The maximum absolute atomic E-state index is 11.6. The molecule has 1 fully saturated rings. The first-order valence-electron chi connectivity index (χ1n) is 5.48. The quantitative estimate of drug-likeness (QED) is 0.709. The number of nitrogens with two attached hydrogens (primary N) is 1. The van der Waals surface area contributed by atoms with Gasteiger partial charge in [0.2, 0.25) is 0 Å². The minimum atomic E-state index is -0.531. The van der Waals surface area contributed by atoms with E-state index < -0.39 is 5.41 Å². The number of carbonyl (C=O) groups excluding carboxylic acids is 1. The third kappa shape index (κ3) is 3.18. The van der Waals surface area contributed by atoms with Crippen LogP contribution in [0.15, 0.2) is 0 Å². The van der Waals surface area contributed by atoms with Crippen LogP contribution in [0.3, 0.4) is 0 Å². The number of rotatable bonds is 4. The van der Waals surface area contributed by atoms with Gasteiger partial charge < -0.3 is 15.2 Å². The summed E-state index contributed by atoms with van der Waals surface area (Å²) < 4.78 is 10.1. The summed E-state index contributed by atoms with van der Waals surface area (Å²) in [5.41, 5.74) is 5.14. The molecule has 2 N–H and O–H groups in total. The van der Waals surface area contributed by atoms with E-state index in [0.29, 0.717) is 12.5 Å². The molecule has 1 aliphatic rings. The second kappa shape index (κ2) is 5.47. The monoisotopic (exact) mass is 215 g/mol. The Bertz CT molecular complexity index is 214. The van der Waals surface area contributed by atoms with Crippen molar-refractivity contribution in [3.63, 3.8) is 0 Å². The standard InChI is InChI=1S/C11H21NO3/c1-11(8-12,10(13)14-2)7-9-3-5-15-6-4-9/h9H,3-8,12H2,1-2H3. The van der Waals surface area contributed by atoms with E-state index in [2.05, 4.69) is 0 Å². The largest absolute Gasteiger partial charge is 0.469 e. The van der Waals surface area contributed by atoms with Crippen LogP contribution in [0.4, 0.5) is 0 Å². The van der Waals surface area contributed by atoms with E-state index >= 15 is 0 Å². The second-order valence-electron chi connectivity index (χ2n) is 4.52. The van der Waals surface area contributed by atoms with Crippen LogP contribution in [0.25, 0.3) is 0 Å². The summed E-state index contributed by atoms with van der Waals surface area (Å²) in [6, 6.07) is 0. The molecule has 1 aliphatic heterocycles. The zero-order chi connectivity index (χ0) is 11.3. The van der Waals surface area contributed by atoms with E-state index in [1.54, 1.807) is 0 Å². The van der Waals surface area contributed by atoms with Gasteiger partial charge in [-0.05, 0) is 32.1 Å². The average molecular weight is 215 g/mol. The first kappa shape index (κ1) is 12.5. The zero-order valence-corrected chi connectivity index (χ0v) is 9.62. The lowest BCUT2D eigenvalue weighted by molar-refractivity contribution is -0.152. The van der Waals surface area contributed by atoms with Crippen LogP contribution >= 0.6 is 0 Å². The molecular formula is C11H21NO3. The van der Waals surface area contributed by atoms with Gasteiger partial charge in [-0.3, -0.25) is 4.79 Å². The number of hydrogen-bond acceptors (Lipinski definition) is 4. The van der Waals surface area contributed by atoms with Crippen LogP contribution in [0.1, 0.15) is 26.2 Å². The topological polar surface area (TPSA) is 61.5 Å². The predicted octanol–water partition coefficient (Wildman–Crippen LogP) is 0.941. The van der Waals surface area contributed by atoms with Gasteiger partial charge in [0.05, 0.1) is 12.5 Å². The van der Waals surface area contributed by atoms with Crippen LogP contribution in [0.2, 0.25) is 0 Å². The fourth-order valence-electron chi connectivity index (χ4n) is 2.08. The first-order valence-corrected chi connectivity index (χ1v) is 5.48. The summed E-state index contributed by atoms with van der Waals surface area (Å²) in [5.74, 6) is 0.336. The van der Waals surface area contributed by atoms with Gasteiger partial charge in [-0.1, -0.05) is 0 Å². The number of hydrogen-bond donors (Lipinski definition) is 1. The van der Waals surface area contributed by atoms with Gasteiger partial charge in [0.1, 0.15) is 0 Å². The Morgan fingerprint density at radius 2 is 2.13 bits per heavy atom. The number of carbonyl (C=O) groups is 1. The summed E-state index contributed by atoms with van der Waals surface area (Å²) in [5, 5.41) is 0. The Morgan fingerprint density at radius 1 is 1.53 bits per heavy atom. The molecule has 0 aromatic heterocycles. The molecule has 0 aromatic rings. The van der Waals surface area contributed by atoms with Crippen molar-refractivity contribution >= 4 is 5.97 Å². The molecule has 0 spiro atoms. The number of esters is 1. The summed E-state index contributed by atoms with van der Waals surface area (Å²) in [4.78, 5) is 11.6. The lowest BCUT2D eigenvalue weighted by atomic mass is 9.78. The van der Waals surface area contributed by atoms with Crippen molar-refractivity contribution in [3.05, 3.63) is 0 Å². The van der Waals surface area contributed by atoms with E-state index in [9.17, 15) is 4.79 Å². The van der Waals surface area contributed by atoms with Crippen LogP contribution in [-0.4, -0.2) is 32.8 Å². The molecule has 0 aromatic carbocycles. The van der Waals surface area contributed by atoms with Gasteiger partial charge in [0.15, 0.2) is 0 Å². The Balaban J connectivity index is 2.54. The van der Waals surface area contributed by atoms with Crippen molar-refractivity contribution in [3.8, 4) is 0 Å². The maximum atomic E-state index is 11.6. The highest BCUT2D eigenvalue weighted by atomic mass is 16.5. The molecule has 1 saturated heterocycles. The lowest BCUT2D eigenvalue weighted by Gasteiger charge is -2.31. The molecule has 0 radical (unpaired) electrons. The Morgan fingerprint density at radius 3 is 2.60 bits per heavy atom. The molecule has 0 amide bonds. The average Bonchev–Trinajstić information content (AvgIpc) is 2.29. The van der Waals surface area contributed by atoms with Gasteiger partial charge in [-0.2, -0.15) is 0 Å². The van der Waals surface area contributed by atoms with Crippen molar-refractivity contribution in [2.24, 2.45) is 17.1 Å². The molecule has 1 atom stereocenters. The van der Waals surface area contributed by atoms with Crippen LogP contribution in [0.5, 0.6) is 0 Å². The summed E-state index contributed by atoms with van der Waals surface area (Å²) >= 11 is 0. The second-order valence-corrected chi connectivity index (χ2v) is 4.52. The molecule has 4 heteroatoms. The van der Waals surface area contributed by atoms with Crippen LogP contribution in [-0.2, 0) is 14.3 Å². The van der Waals surface area contributed by atoms with Gasteiger partial charge in [-0.15, -0.1) is 0 Å². The Hall–Kier alpha value is -0.610. The van der Waals surface area contributed by atoms with E-state index in [1.807, 2.05) is 6.92 Å². The molecule has 1 rings (SSSR count). The third-order valence-corrected chi connectivity index (χ3v) is 3.21. The van der Waals surface area contributed by atoms with Crippen molar-refractivity contribution in [1.29, 1.82) is 0 Å². The SMILES string of the molecule is COC(=O)C(C)(CN)CC1CCOCC1. The molecule has 0 saturated carbocycles. The highest BCUT2D eigenvalue weighted by molar-refractivity contribution is 5.76. The summed E-state index contributed by atoms with van der Waals surface area (Å²) in [7, 11) is 1.42. The zero-order valence-electron chi connectivity index (χ0n) is 9.62. The van der Waals surface area contributed by atoms with Gasteiger partial charge in [0, 0.05) is 19.8 Å². The van der Waals surface area contributed by atoms with Gasteiger partial charge in [-0.25, -0.2) is 0 Å². The van der Waals surface area contributed by atoms with Crippen molar-refractivity contribution in [2.75, 3.05) is 26.9 Å². The highest BCUT2D eigenvalue weighted by Crippen LogP contribution is 2.31. The van der Waals surface area contributed by atoms with Crippen LogP contribution in [0, 0.1) is 11.3 Å².